The highest BCUT2D eigenvalue weighted by molar-refractivity contribution is 5.90. The average molecular weight is 476 g/mol. The van der Waals surface area contributed by atoms with Gasteiger partial charge in [0.25, 0.3) is 0 Å². The summed E-state index contributed by atoms with van der Waals surface area (Å²) in [7, 11) is 0. The standard InChI is InChI=1S/C26H32F3N3O2/c1-19(2)32(25(34)30-23-10-8-22(9-11-23)26(27,28)29)17-14-24(33)31-15-12-21(13-16-31)18-20-6-4-3-5-7-20/h3-11,19,21H,12-18H2,1-2H3,(H,30,34). The maximum absolute atomic E-state index is 12.8. The third kappa shape index (κ3) is 7.23. The van der Waals surface area contributed by atoms with E-state index in [9.17, 15) is 22.8 Å². The molecule has 0 spiro atoms. The second kappa shape index (κ2) is 11.4. The molecule has 3 rings (SSSR count). The lowest BCUT2D eigenvalue weighted by Crippen LogP contribution is -2.44. The van der Waals surface area contributed by atoms with Gasteiger partial charge in [0.05, 0.1) is 5.56 Å². The summed E-state index contributed by atoms with van der Waals surface area (Å²) in [6.07, 6.45) is -1.27. The van der Waals surface area contributed by atoms with E-state index in [0.717, 1.165) is 44.5 Å². The summed E-state index contributed by atoms with van der Waals surface area (Å²) in [6.45, 7) is 5.36. The van der Waals surface area contributed by atoms with Gasteiger partial charge in [0.2, 0.25) is 5.91 Å². The van der Waals surface area contributed by atoms with E-state index in [1.807, 2.05) is 36.9 Å². The van der Waals surface area contributed by atoms with Crippen LogP contribution in [0.2, 0.25) is 0 Å². The lowest BCUT2D eigenvalue weighted by molar-refractivity contribution is -0.137. The molecule has 1 fully saturated rings. The number of rotatable bonds is 7. The fourth-order valence-corrected chi connectivity index (χ4v) is 4.24. The Labute approximate surface area is 198 Å². The Kier molecular flexibility index (Phi) is 8.58. The number of alkyl halides is 3. The second-order valence-electron chi connectivity index (χ2n) is 9.06. The first-order chi connectivity index (χ1) is 16.1. The van der Waals surface area contributed by atoms with Gasteiger partial charge in [-0.3, -0.25) is 4.79 Å². The van der Waals surface area contributed by atoms with Crippen LogP contribution in [0.5, 0.6) is 0 Å². The van der Waals surface area contributed by atoms with Crippen LogP contribution >= 0.6 is 0 Å². The molecule has 5 nitrogen and oxygen atoms in total. The first-order valence-electron chi connectivity index (χ1n) is 11.7. The molecule has 2 aromatic rings. The number of carbonyl (C=O) groups is 2. The molecule has 1 heterocycles. The Balaban J connectivity index is 1.47. The van der Waals surface area contributed by atoms with Crippen LogP contribution in [0.15, 0.2) is 54.6 Å². The molecule has 1 saturated heterocycles. The highest BCUT2D eigenvalue weighted by atomic mass is 19.4. The third-order valence-electron chi connectivity index (χ3n) is 6.25. The number of piperidine rings is 1. The van der Waals surface area contributed by atoms with Gasteiger partial charge in [-0.2, -0.15) is 13.2 Å². The SMILES string of the molecule is CC(C)N(CCC(=O)N1CCC(Cc2ccccc2)CC1)C(=O)Nc1ccc(C(F)(F)F)cc1. The van der Waals surface area contributed by atoms with Crippen LogP contribution in [0, 0.1) is 5.92 Å². The molecule has 0 unspecified atom stereocenters. The molecule has 1 N–H and O–H groups in total. The van der Waals surface area contributed by atoms with E-state index in [4.69, 9.17) is 0 Å². The normalized spacial score (nSPS) is 14.8. The van der Waals surface area contributed by atoms with Crippen LogP contribution in [0.4, 0.5) is 23.7 Å². The van der Waals surface area contributed by atoms with Crippen LogP contribution < -0.4 is 5.32 Å². The average Bonchev–Trinajstić information content (AvgIpc) is 2.80. The maximum Gasteiger partial charge on any atom is 0.416 e. The molecule has 1 aliphatic heterocycles. The summed E-state index contributed by atoms with van der Waals surface area (Å²) in [5.74, 6) is 0.583. The highest BCUT2D eigenvalue weighted by Gasteiger charge is 2.30. The Morgan fingerprint density at radius 2 is 1.65 bits per heavy atom. The number of likely N-dealkylation sites (tertiary alicyclic amines) is 1. The number of carbonyl (C=O) groups excluding carboxylic acids is 2. The predicted octanol–water partition coefficient (Wildman–Crippen LogP) is 5.82. The third-order valence-corrected chi connectivity index (χ3v) is 6.25. The van der Waals surface area contributed by atoms with Crippen molar-refractivity contribution in [2.24, 2.45) is 5.92 Å². The predicted molar refractivity (Wildman–Crippen MR) is 126 cm³/mol. The molecule has 2 aromatic carbocycles. The van der Waals surface area contributed by atoms with Gasteiger partial charge < -0.3 is 15.1 Å². The Morgan fingerprint density at radius 3 is 2.21 bits per heavy atom. The molecule has 0 aromatic heterocycles. The summed E-state index contributed by atoms with van der Waals surface area (Å²) in [5, 5.41) is 2.63. The molecule has 34 heavy (non-hydrogen) atoms. The summed E-state index contributed by atoms with van der Waals surface area (Å²) >= 11 is 0. The second-order valence-corrected chi connectivity index (χ2v) is 9.06. The molecular weight excluding hydrogens is 443 g/mol. The number of anilines is 1. The fraction of sp³-hybridized carbons (Fsp3) is 0.462. The van der Waals surface area contributed by atoms with Crippen LogP contribution in [0.1, 0.15) is 44.2 Å². The van der Waals surface area contributed by atoms with E-state index in [2.05, 4.69) is 17.4 Å². The number of amides is 3. The fourth-order valence-electron chi connectivity index (χ4n) is 4.24. The van der Waals surface area contributed by atoms with Crippen LogP contribution in [-0.4, -0.2) is 47.4 Å². The molecule has 8 heteroatoms. The van der Waals surface area contributed by atoms with Crippen molar-refractivity contribution in [1.29, 1.82) is 0 Å². The molecule has 1 aliphatic rings. The number of hydrogen-bond acceptors (Lipinski definition) is 2. The van der Waals surface area contributed by atoms with Gasteiger partial charge in [-0.05, 0) is 68.9 Å². The number of halogens is 3. The molecule has 0 bridgehead atoms. The first kappa shape index (κ1) is 25.6. The number of nitrogens with zero attached hydrogens (tertiary/aromatic N) is 2. The smallest absolute Gasteiger partial charge is 0.343 e. The van der Waals surface area contributed by atoms with E-state index >= 15 is 0 Å². The van der Waals surface area contributed by atoms with Gasteiger partial charge in [-0.15, -0.1) is 0 Å². The van der Waals surface area contributed by atoms with E-state index in [1.54, 1.807) is 0 Å². The summed E-state index contributed by atoms with van der Waals surface area (Å²) < 4.78 is 38.2. The number of hydrogen-bond donors (Lipinski definition) is 1. The molecule has 0 radical (unpaired) electrons. The van der Waals surface area contributed by atoms with Crippen molar-refractivity contribution in [1.82, 2.24) is 9.80 Å². The van der Waals surface area contributed by atoms with Crippen LogP contribution in [-0.2, 0) is 17.4 Å². The van der Waals surface area contributed by atoms with Gasteiger partial charge in [-0.25, -0.2) is 4.79 Å². The monoisotopic (exact) mass is 475 g/mol. The van der Waals surface area contributed by atoms with E-state index in [0.29, 0.717) is 5.92 Å². The first-order valence-corrected chi connectivity index (χ1v) is 11.7. The minimum absolute atomic E-state index is 0.0196. The van der Waals surface area contributed by atoms with Gasteiger partial charge >= 0.3 is 12.2 Å². The molecule has 184 valence electrons. The zero-order chi connectivity index (χ0) is 24.7. The molecule has 0 saturated carbocycles. The van der Waals surface area contributed by atoms with Crippen molar-refractivity contribution in [2.45, 2.75) is 51.7 Å². The number of nitrogens with one attached hydrogen (secondary N) is 1. The zero-order valence-corrected chi connectivity index (χ0v) is 19.6. The minimum Gasteiger partial charge on any atom is -0.343 e. The van der Waals surface area contributed by atoms with Crippen molar-refractivity contribution < 1.29 is 22.8 Å². The highest BCUT2D eigenvalue weighted by Crippen LogP contribution is 2.30. The largest absolute Gasteiger partial charge is 0.416 e. The van der Waals surface area contributed by atoms with Crippen molar-refractivity contribution in [2.75, 3.05) is 25.0 Å². The van der Waals surface area contributed by atoms with Gasteiger partial charge in [-0.1, -0.05) is 30.3 Å². The Morgan fingerprint density at radius 1 is 1.03 bits per heavy atom. The lowest BCUT2D eigenvalue weighted by atomic mass is 9.90. The zero-order valence-electron chi connectivity index (χ0n) is 19.6. The van der Waals surface area contributed by atoms with E-state index < -0.39 is 17.8 Å². The van der Waals surface area contributed by atoms with Crippen molar-refractivity contribution in [3.63, 3.8) is 0 Å². The minimum atomic E-state index is -4.43. The van der Waals surface area contributed by atoms with Gasteiger partial charge in [0.15, 0.2) is 0 Å². The van der Waals surface area contributed by atoms with Crippen molar-refractivity contribution in [3.05, 3.63) is 65.7 Å². The van der Waals surface area contributed by atoms with Crippen molar-refractivity contribution in [3.8, 4) is 0 Å². The topological polar surface area (TPSA) is 52.7 Å². The van der Waals surface area contributed by atoms with Crippen LogP contribution in [0.3, 0.4) is 0 Å². The summed E-state index contributed by atoms with van der Waals surface area (Å²) in [6, 6.07) is 14.1. The van der Waals surface area contributed by atoms with E-state index in [-0.39, 0.29) is 30.6 Å². The Hall–Kier alpha value is -3.03. The Bertz CT molecular complexity index is 938. The molecule has 3 amide bonds. The van der Waals surface area contributed by atoms with Gasteiger partial charge in [0.1, 0.15) is 0 Å². The summed E-state index contributed by atoms with van der Waals surface area (Å²) in [5.41, 5.74) is 0.818. The van der Waals surface area contributed by atoms with Crippen molar-refractivity contribution >= 4 is 17.6 Å². The maximum atomic E-state index is 12.8. The summed E-state index contributed by atoms with van der Waals surface area (Å²) in [4.78, 5) is 28.9. The van der Waals surface area contributed by atoms with Crippen LogP contribution in [0.25, 0.3) is 0 Å². The quantitative estimate of drug-likeness (QED) is 0.549. The lowest BCUT2D eigenvalue weighted by Gasteiger charge is -2.33. The molecule has 0 atom stereocenters. The molecule has 0 aliphatic carbocycles. The van der Waals surface area contributed by atoms with Gasteiger partial charge in [0, 0.05) is 37.8 Å². The van der Waals surface area contributed by atoms with E-state index in [1.165, 1.54) is 22.6 Å². The number of benzene rings is 2. The number of urea groups is 1. The molecular formula is C26H32F3N3O2.